The highest BCUT2D eigenvalue weighted by Crippen LogP contribution is 2.20. The van der Waals surface area contributed by atoms with Crippen LogP contribution in [0.25, 0.3) is 0 Å². The Morgan fingerprint density at radius 3 is 2.60 bits per heavy atom. The molecule has 0 spiro atoms. The lowest BCUT2D eigenvalue weighted by Crippen LogP contribution is -2.38. The van der Waals surface area contributed by atoms with Crippen LogP contribution in [0.1, 0.15) is 24.4 Å². The molecule has 0 bridgehead atoms. The van der Waals surface area contributed by atoms with Crippen LogP contribution in [0.5, 0.6) is 0 Å². The summed E-state index contributed by atoms with van der Waals surface area (Å²) in [6.07, 6.45) is 5.02. The van der Waals surface area contributed by atoms with Gasteiger partial charge in [-0.1, -0.05) is 0 Å². The second-order valence-corrected chi connectivity index (χ2v) is 7.71. The molecule has 0 radical (unpaired) electrons. The number of piperidine rings is 1. The van der Waals surface area contributed by atoms with Gasteiger partial charge in [0, 0.05) is 27.1 Å². The van der Waals surface area contributed by atoms with Gasteiger partial charge in [-0.25, -0.2) is 17.7 Å². The summed E-state index contributed by atoms with van der Waals surface area (Å²) in [6.45, 7) is 5.24. The zero-order chi connectivity index (χ0) is 14.8. The van der Waals surface area contributed by atoms with Crippen LogP contribution in [0.2, 0.25) is 0 Å². The predicted octanol–water partition coefficient (Wildman–Crippen LogP) is 1.09. The van der Waals surface area contributed by atoms with Gasteiger partial charge in [-0.05, 0) is 31.8 Å². The van der Waals surface area contributed by atoms with Gasteiger partial charge < -0.3 is 4.42 Å². The van der Waals surface area contributed by atoms with Crippen LogP contribution in [0.15, 0.2) is 10.7 Å². The van der Waals surface area contributed by atoms with Crippen molar-refractivity contribution in [3.05, 3.63) is 17.8 Å². The topological polar surface area (TPSA) is 66.7 Å². The summed E-state index contributed by atoms with van der Waals surface area (Å²) >= 11 is 0. The first-order valence-corrected chi connectivity index (χ1v) is 8.74. The van der Waals surface area contributed by atoms with Crippen LogP contribution in [-0.2, 0) is 16.6 Å². The van der Waals surface area contributed by atoms with E-state index in [-0.39, 0.29) is 0 Å². The van der Waals surface area contributed by atoms with Crippen molar-refractivity contribution in [1.82, 2.24) is 14.2 Å². The molecule has 0 amide bonds. The van der Waals surface area contributed by atoms with E-state index in [2.05, 4.69) is 9.88 Å². The maximum atomic E-state index is 11.4. The summed E-state index contributed by atoms with van der Waals surface area (Å²) in [4.78, 5) is 6.65. The molecule has 0 saturated carbocycles. The van der Waals surface area contributed by atoms with Gasteiger partial charge in [0.2, 0.25) is 10.0 Å². The molecule has 1 fully saturated rings. The normalized spacial score (nSPS) is 18.8. The molecule has 1 aromatic heterocycles. The Labute approximate surface area is 120 Å². The van der Waals surface area contributed by atoms with E-state index in [0.717, 1.165) is 38.2 Å². The van der Waals surface area contributed by atoms with Crippen LogP contribution in [0, 0.1) is 12.8 Å². The van der Waals surface area contributed by atoms with Gasteiger partial charge >= 0.3 is 0 Å². The number of nitrogens with zero attached hydrogens (tertiary/aromatic N) is 3. The van der Waals surface area contributed by atoms with Crippen LogP contribution in [0.3, 0.4) is 0 Å². The summed E-state index contributed by atoms with van der Waals surface area (Å²) in [5.41, 5.74) is 0.967. The second kappa shape index (κ2) is 6.24. The average Bonchev–Trinajstić information content (AvgIpc) is 2.76. The fourth-order valence-corrected chi connectivity index (χ4v) is 3.02. The molecular formula is C13H23N3O3S. The summed E-state index contributed by atoms with van der Waals surface area (Å²) in [7, 11) is -1.41. The molecule has 0 aliphatic carbocycles. The third-order valence-electron chi connectivity index (χ3n) is 3.84. The van der Waals surface area contributed by atoms with Gasteiger partial charge in [0.05, 0.1) is 11.9 Å². The lowest BCUT2D eigenvalue weighted by atomic mass is 9.97. The Morgan fingerprint density at radius 1 is 1.45 bits per heavy atom. The molecule has 0 aromatic carbocycles. The number of rotatable bonds is 5. The zero-order valence-corrected chi connectivity index (χ0v) is 13.2. The van der Waals surface area contributed by atoms with Crippen molar-refractivity contribution in [2.24, 2.45) is 5.92 Å². The lowest BCUT2D eigenvalue weighted by Gasteiger charge is -2.32. The van der Waals surface area contributed by atoms with E-state index < -0.39 is 10.0 Å². The molecule has 20 heavy (non-hydrogen) atoms. The fourth-order valence-electron chi connectivity index (χ4n) is 2.54. The van der Waals surface area contributed by atoms with Crippen molar-refractivity contribution < 1.29 is 12.8 Å². The van der Waals surface area contributed by atoms with Crippen molar-refractivity contribution in [3.8, 4) is 0 Å². The highest BCUT2D eigenvalue weighted by molar-refractivity contribution is 7.88. The number of likely N-dealkylation sites (tertiary alicyclic amines) is 1. The van der Waals surface area contributed by atoms with Crippen LogP contribution in [0.4, 0.5) is 0 Å². The van der Waals surface area contributed by atoms with Crippen molar-refractivity contribution in [3.63, 3.8) is 0 Å². The molecule has 2 rings (SSSR count). The third-order valence-corrected chi connectivity index (χ3v) is 5.12. The SMILES string of the molecule is Cc1nc(CN2CCC(CN(C)S(C)(=O)=O)CC2)co1. The van der Waals surface area contributed by atoms with Gasteiger partial charge in [-0.15, -0.1) is 0 Å². The van der Waals surface area contributed by atoms with Gasteiger partial charge in [0.15, 0.2) is 5.89 Å². The molecule has 0 N–H and O–H groups in total. The molecule has 6 nitrogen and oxygen atoms in total. The number of oxazole rings is 1. The van der Waals surface area contributed by atoms with Crippen LogP contribution in [-0.4, -0.2) is 55.5 Å². The number of hydrogen-bond donors (Lipinski definition) is 0. The summed E-state index contributed by atoms with van der Waals surface area (Å²) in [5.74, 6) is 1.15. The van der Waals surface area contributed by atoms with Crippen molar-refractivity contribution in [2.45, 2.75) is 26.3 Å². The maximum absolute atomic E-state index is 11.4. The Kier molecular flexibility index (Phi) is 4.82. The van der Waals surface area contributed by atoms with E-state index in [1.54, 1.807) is 13.3 Å². The zero-order valence-electron chi connectivity index (χ0n) is 12.4. The first-order chi connectivity index (χ1) is 9.34. The quantitative estimate of drug-likeness (QED) is 0.814. The Balaban J connectivity index is 1.78. The molecule has 1 aliphatic heterocycles. The van der Waals surface area contributed by atoms with E-state index >= 15 is 0 Å². The largest absolute Gasteiger partial charge is 0.449 e. The first-order valence-electron chi connectivity index (χ1n) is 6.89. The number of aryl methyl sites for hydroxylation is 1. The monoisotopic (exact) mass is 301 g/mol. The molecule has 2 heterocycles. The molecular weight excluding hydrogens is 278 g/mol. The third kappa shape index (κ3) is 4.29. The van der Waals surface area contributed by atoms with E-state index in [4.69, 9.17) is 4.42 Å². The maximum Gasteiger partial charge on any atom is 0.210 e. The van der Waals surface area contributed by atoms with Gasteiger partial charge in [0.1, 0.15) is 6.26 Å². The minimum Gasteiger partial charge on any atom is -0.449 e. The molecule has 114 valence electrons. The van der Waals surface area contributed by atoms with Crippen molar-refractivity contribution in [2.75, 3.05) is 32.9 Å². The number of aromatic nitrogens is 1. The Morgan fingerprint density at radius 2 is 2.10 bits per heavy atom. The van der Waals surface area contributed by atoms with E-state index in [1.807, 2.05) is 6.92 Å². The predicted molar refractivity (Wildman–Crippen MR) is 76.7 cm³/mol. The Hall–Kier alpha value is -0.920. The number of hydrogen-bond acceptors (Lipinski definition) is 5. The standard InChI is InChI=1S/C13H23N3O3S/c1-11-14-13(10-19-11)9-16-6-4-12(5-7-16)8-15(2)20(3,17)18/h10,12H,4-9H2,1-3H3. The molecule has 1 saturated heterocycles. The second-order valence-electron chi connectivity index (χ2n) is 5.62. The molecule has 1 aliphatic rings. The van der Waals surface area contributed by atoms with E-state index in [1.165, 1.54) is 10.6 Å². The molecule has 0 unspecified atom stereocenters. The van der Waals surface area contributed by atoms with Gasteiger partial charge in [-0.3, -0.25) is 4.90 Å². The molecule has 1 aromatic rings. The summed E-state index contributed by atoms with van der Waals surface area (Å²) in [6, 6.07) is 0. The first kappa shape index (κ1) is 15.5. The van der Waals surface area contributed by atoms with Gasteiger partial charge in [-0.2, -0.15) is 0 Å². The Bertz CT molecular complexity index is 533. The minimum absolute atomic E-state index is 0.449. The van der Waals surface area contributed by atoms with E-state index in [0.29, 0.717) is 18.4 Å². The number of sulfonamides is 1. The average molecular weight is 301 g/mol. The minimum atomic E-state index is -3.06. The van der Waals surface area contributed by atoms with Crippen molar-refractivity contribution >= 4 is 10.0 Å². The molecule has 7 heteroatoms. The van der Waals surface area contributed by atoms with Crippen LogP contribution >= 0.6 is 0 Å². The summed E-state index contributed by atoms with van der Waals surface area (Å²) < 4.78 is 29.5. The highest BCUT2D eigenvalue weighted by atomic mass is 32.2. The fraction of sp³-hybridized carbons (Fsp3) is 0.769. The van der Waals surface area contributed by atoms with Crippen LogP contribution < -0.4 is 0 Å². The highest BCUT2D eigenvalue weighted by Gasteiger charge is 2.23. The van der Waals surface area contributed by atoms with Gasteiger partial charge in [0.25, 0.3) is 0 Å². The molecule has 0 atom stereocenters. The lowest BCUT2D eigenvalue weighted by molar-refractivity contribution is 0.165. The van der Waals surface area contributed by atoms with E-state index in [9.17, 15) is 8.42 Å². The smallest absolute Gasteiger partial charge is 0.210 e. The summed E-state index contributed by atoms with van der Waals surface area (Å²) in [5, 5.41) is 0. The van der Waals surface area contributed by atoms with Crippen molar-refractivity contribution in [1.29, 1.82) is 0 Å².